The monoisotopic (exact) mass is 430 g/mol. The summed E-state index contributed by atoms with van der Waals surface area (Å²) in [5.74, 6) is -0.463. The van der Waals surface area contributed by atoms with Gasteiger partial charge in [-0.05, 0) is 24.3 Å². The van der Waals surface area contributed by atoms with Crippen LogP contribution in [0.3, 0.4) is 0 Å². The smallest absolute Gasteiger partial charge is 0.277 e. The number of aromatic nitrogens is 5. The van der Waals surface area contributed by atoms with E-state index in [0.717, 1.165) is 32.9 Å². The van der Waals surface area contributed by atoms with Crippen molar-refractivity contribution in [3.8, 4) is 11.3 Å². The minimum Gasteiger partial charge on any atom is -0.387 e. The Morgan fingerprint density at radius 3 is 2.55 bits per heavy atom. The summed E-state index contributed by atoms with van der Waals surface area (Å²) in [4.78, 5) is 21.7. The van der Waals surface area contributed by atoms with Gasteiger partial charge in [-0.25, -0.2) is 13.9 Å². The zero-order chi connectivity index (χ0) is 20.0. The van der Waals surface area contributed by atoms with Crippen LogP contribution in [0, 0.1) is 5.82 Å². The number of amides is 1. The van der Waals surface area contributed by atoms with Crippen molar-refractivity contribution in [1.29, 1.82) is 0 Å². The number of carbonyl (C=O) groups is 1. The normalized spacial score (nSPS) is 14.7. The van der Waals surface area contributed by atoms with Gasteiger partial charge in [0.2, 0.25) is 10.1 Å². The molecule has 148 valence electrons. The lowest BCUT2D eigenvalue weighted by molar-refractivity contribution is 0.0742. The third kappa shape index (κ3) is 3.29. The van der Waals surface area contributed by atoms with Crippen LogP contribution in [0.4, 0.5) is 14.5 Å². The molecule has 0 aliphatic carbocycles. The predicted molar refractivity (Wildman–Crippen MR) is 109 cm³/mol. The summed E-state index contributed by atoms with van der Waals surface area (Å²) >= 11 is 2.50. The molecule has 1 aliphatic rings. The molecule has 9 nitrogen and oxygen atoms in total. The first-order valence-corrected chi connectivity index (χ1v) is 10.4. The lowest BCUT2D eigenvalue weighted by Crippen LogP contribution is -2.49. The molecule has 0 atom stereocenters. The maximum Gasteiger partial charge on any atom is 0.277 e. The number of fused-ring (bicyclic) bond motifs is 1. The molecular formula is C17H15FN8OS2. The summed E-state index contributed by atoms with van der Waals surface area (Å²) < 4.78 is 18.6. The second kappa shape index (κ2) is 7.04. The van der Waals surface area contributed by atoms with Gasteiger partial charge in [0.15, 0.2) is 5.69 Å². The highest BCUT2D eigenvalue weighted by atomic mass is 32.1. The zero-order valence-corrected chi connectivity index (χ0v) is 16.7. The first kappa shape index (κ1) is 17.9. The minimum atomic E-state index is -0.276. The highest BCUT2D eigenvalue weighted by molar-refractivity contribution is 7.20. The van der Waals surface area contributed by atoms with E-state index < -0.39 is 0 Å². The Morgan fingerprint density at radius 2 is 1.90 bits per heavy atom. The second-order valence-corrected chi connectivity index (χ2v) is 8.23. The molecule has 4 aromatic rings. The van der Waals surface area contributed by atoms with Crippen LogP contribution in [0.15, 0.2) is 30.5 Å². The second-order valence-electron chi connectivity index (χ2n) is 6.51. The number of hydrogen-bond donors (Lipinski definition) is 1. The Labute approximate surface area is 172 Å². The Hall–Kier alpha value is -3.12. The molecule has 0 radical (unpaired) electrons. The maximum atomic E-state index is 13.1. The van der Waals surface area contributed by atoms with E-state index in [1.54, 1.807) is 21.5 Å². The van der Waals surface area contributed by atoms with E-state index in [1.807, 2.05) is 6.20 Å². The summed E-state index contributed by atoms with van der Waals surface area (Å²) in [6, 6.07) is 6.22. The lowest BCUT2D eigenvalue weighted by Gasteiger charge is -2.33. The van der Waals surface area contributed by atoms with E-state index >= 15 is 0 Å². The number of imidazole rings is 1. The fourth-order valence-electron chi connectivity index (χ4n) is 3.17. The summed E-state index contributed by atoms with van der Waals surface area (Å²) in [6.45, 7) is 2.42. The van der Waals surface area contributed by atoms with Crippen LogP contribution in [-0.2, 0) is 0 Å². The summed E-state index contributed by atoms with van der Waals surface area (Å²) in [5.41, 5.74) is 7.58. The first-order chi connectivity index (χ1) is 14.1. The lowest BCUT2D eigenvalue weighted by atomic mass is 10.2. The Balaban J connectivity index is 1.28. The van der Waals surface area contributed by atoms with Gasteiger partial charge in [-0.15, -0.1) is 10.2 Å². The van der Waals surface area contributed by atoms with Crippen molar-refractivity contribution in [3.05, 3.63) is 42.0 Å². The number of nitrogen functional groups attached to an aromatic ring is 1. The molecule has 5 rings (SSSR count). The molecule has 0 unspecified atom stereocenters. The average molecular weight is 430 g/mol. The standard InChI is InChI=1S/C17H15FN8OS2/c18-11-3-1-10(2-4-11)12-9-26-16(20-12)28-17(22-26)25-7-5-24(6-8-25)15(27)13-14(19)29-23-21-13/h1-4,9H,5-8,19H2. The number of benzene rings is 1. The topological polar surface area (TPSA) is 106 Å². The molecule has 1 aromatic carbocycles. The van der Waals surface area contributed by atoms with Crippen LogP contribution in [0.25, 0.3) is 16.2 Å². The largest absolute Gasteiger partial charge is 0.387 e. The van der Waals surface area contributed by atoms with E-state index in [-0.39, 0.29) is 17.4 Å². The molecule has 12 heteroatoms. The molecule has 0 spiro atoms. The molecule has 0 saturated carbocycles. The van der Waals surface area contributed by atoms with E-state index in [9.17, 15) is 9.18 Å². The summed E-state index contributed by atoms with van der Waals surface area (Å²) in [5, 5.41) is 9.63. The van der Waals surface area contributed by atoms with Crippen molar-refractivity contribution in [2.45, 2.75) is 0 Å². The fraction of sp³-hybridized carbons (Fsp3) is 0.235. The Bertz CT molecular complexity index is 1140. The Morgan fingerprint density at radius 1 is 1.14 bits per heavy atom. The van der Waals surface area contributed by atoms with Crippen LogP contribution in [-0.4, -0.2) is 61.2 Å². The van der Waals surface area contributed by atoms with Crippen molar-refractivity contribution < 1.29 is 9.18 Å². The molecule has 1 saturated heterocycles. The molecule has 1 amide bonds. The van der Waals surface area contributed by atoms with Crippen molar-refractivity contribution in [2.24, 2.45) is 0 Å². The van der Waals surface area contributed by atoms with Gasteiger partial charge in [0.05, 0.1) is 11.9 Å². The molecule has 0 bridgehead atoms. The van der Waals surface area contributed by atoms with E-state index in [1.165, 1.54) is 23.5 Å². The number of halogens is 1. The van der Waals surface area contributed by atoms with Gasteiger partial charge in [-0.1, -0.05) is 15.8 Å². The number of anilines is 2. The molecule has 4 heterocycles. The zero-order valence-electron chi connectivity index (χ0n) is 15.0. The number of piperazine rings is 1. The number of nitrogens with zero attached hydrogens (tertiary/aromatic N) is 7. The van der Waals surface area contributed by atoms with Crippen LogP contribution < -0.4 is 10.6 Å². The summed E-state index contributed by atoms with van der Waals surface area (Å²) in [7, 11) is 0. The SMILES string of the molecule is Nc1snnc1C(=O)N1CCN(c2nn3cc(-c4ccc(F)cc4)nc3s2)CC1. The highest BCUT2D eigenvalue weighted by Crippen LogP contribution is 2.28. The van der Waals surface area contributed by atoms with Gasteiger partial charge in [0.1, 0.15) is 10.8 Å². The van der Waals surface area contributed by atoms with E-state index in [4.69, 9.17) is 5.73 Å². The van der Waals surface area contributed by atoms with Gasteiger partial charge in [-0.3, -0.25) is 4.79 Å². The molecule has 2 N–H and O–H groups in total. The quantitative estimate of drug-likeness (QED) is 0.530. The first-order valence-electron chi connectivity index (χ1n) is 8.83. The van der Waals surface area contributed by atoms with E-state index in [0.29, 0.717) is 31.2 Å². The van der Waals surface area contributed by atoms with Crippen molar-refractivity contribution in [1.82, 2.24) is 29.1 Å². The van der Waals surface area contributed by atoms with Gasteiger partial charge in [0, 0.05) is 43.3 Å². The van der Waals surface area contributed by atoms with Crippen molar-refractivity contribution in [3.63, 3.8) is 0 Å². The van der Waals surface area contributed by atoms with Crippen molar-refractivity contribution in [2.75, 3.05) is 36.8 Å². The van der Waals surface area contributed by atoms with Crippen LogP contribution >= 0.6 is 22.9 Å². The molecule has 1 aliphatic heterocycles. The number of hydrogen-bond acceptors (Lipinski definition) is 9. The van der Waals surface area contributed by atoms with Gasteiger partial charge >= 0.3 is 0 Å². The van der Waals surface area contributed by atoms with Crippen molar-refractivity contribution >= 4 is 43.9 Å². The van der Waals surface area contributed by atoms with E-state index in [2.05, 4.69) is 24.6 Å². The fourth-order valence-corrected chi connectivity index (χ4v) is 4.53. The average Bonchev–Trinajstić information content (AvgIpc) is 3.43. The minimum absolute atomic E-state index is 0.186. The number of rotatable bonds is 3. The highest BCUT2D eigenvalue weighted by Gasteiger charge is 2.27. The molecular weight excluding hydrogens is 415 g/mol. The van der Waals surface area contributed by atoms with Gasteiger partial charge < -0.3 is 15.5 Å². The Kier molecular flexibility index (Phi) is 4.36. The molecule has 3 aromatic heterocycles. The van der Waals surface area contributed by atoms with Gasteiger partial charge in [-0.2, -0.15) is 0 Å². The van der Waals surface area contributed by atoms with Gasteiger partial charge in [0.25, 0.3) is 5.91 Å². The molecule has 1 fully saturated rings. The maximum absolute atomic E-state index is 13.1. The summed E-state index contributed by atoms with van der Waals surface area (Å²) in [6.07, 6.45) is 1.83. The van der Waals surface area contributed by atoms with Crippen LogP contribution in [0.2, 0.25) is 0 Å². The number of nitrogens with two attached hydrogens (primary N) is 1. The number of carbonyl (C=O) groups excluding carboxylic acids is 1. The van der Waals surface area contributed by atoms with Crippen LogP contribution in [0.1, 0.15) is 10.5 Å². The predicted octanol–water partition coefficient (Wildman–Crippen LogP) is 1.99. The third-order valence-corrected chi connectivity index (χ3v) is 6.26. The van der Waals surface area contributed by atoms with Crippen LogP contribution in [0.5, 0.6) is 0 Å². The molecule has 29 heavy (non-hydrogen) atoms. The third-order valence-electron chi connectivity index (χ3n) is 4.73.